The van der Waals surface area contributed by atoms with E-state index in [0.29, 0.717) is 13.1 Å². The van der Waals surface area contributed by atoms with Crippen LogP contribution in [0.4, 0.5) is 0 Å². The minimum Gasteiger partial charge on any atom is -0.351 e. The molecule has 0 aliphatic heterocycles. The first-order valence-corrected chi connectivity index (χ1v) is 6.96. The van der Waals surface area contributed by atoms with E-state index in [0.717, 1.165) is 17.7 Å². The first kappa shape index (κ1) is 11.6. The number of thiophene rings is 2. The van der Waals surface area contributed by atoms with Crippen molar-refractivity contribution in [3.8, 4) is 0 Å². The van der Waals surface area contributed by atoms with Gasteiger partial charge in [-0.25, -0.2) is 0 Å². The molecule has 3 N–H and O–H groups in total. The van der Waals surface area contributed by atoms with Crippen LogP contribution in [-0.2, 0) is 0 Å². The SMILES string of the molecule is NCCCCNC(=O)c1cc2sccc2s1. The summed E-state index contributed by atoms with van der Waals surface area (Å²) in [6.45, 7) is 1.40. The summed E-state index contributed by atoms with van der Waals surface area (Å²) in [7, 11) is 0. The fourth-order valence-corrected chi connectivity index (χ4v) is 3.46. The van der Waals surface area contributed by atoms with Gasteiger partial charge in [-0.1, -0.05) is 0 Å². The lowest BCUT2D eigenvalue weighted by atomic mass is 10.3. The van der Waals surface area contributed by atoms with Gasteiger partial charge in [0, 0.05) is 15.9 Å². The number of carbonyl (C=O) groups excluding carboxylic acids is 1. The van der Waals surface area contributed by atoms with Crippen LogP contribution in [0, 0.1) is 0 Å². The van der Waals surface area contributed by atoms with Crippen LogP contribution in [0.15, 0.2) is 17.5 Å². The molecule has 0 saturated carbocycles. The van der Waals surface area contributed by atoms with Crippen molar-refractivity contribution in [1.29, 1.82) is 0 Å². The highest BCUT2D eigenvalue weighted by Gasteiger charge is 2.09. The van der Waals surface area contributed by atoms with Gasteiger partial charge in [0.25, 0.3) is 5.91 Å². The lowest BCUT2D eigenvalue weighted by molar-refractivity contribution is 0.0957. The van der Waals surface area contributed by atoms with E-state index >= 15 is 0 Å². The zero-order valence-corrected chi connectivity index (χ0v) is 10.5. The van der Waals surface area contributed by atoms with Crippen LogP contribution in [-0.4, -0.2) is 19.0 Å². The molecule has 0 unspecified atom stereocenters. The van der Waals surface area contributed by atoms with Crippen LogP contribution in [0.5, 0.6) is 0 Å². The molecule has 2 aromatic heterocycles. The van der Waals surface area contributed by atoms with Gasteiger partial charge >= 0.3 is 0 Å². The molecule has 0 aliphatic rings. The quantitative estimate of drug-likeness (QED) is 0.805. The van der Waals surface area contributed by atoms with Crippen LogP contribution in [0.1, 0.15) is 22.5 Å². The molecule has 0 saturated heterocycles. The fraction of sp³-hybridized carbons (Fsp3) is 0.364. The summed E-state index contributed by atoms with van der Waals surface area (Å²) in [5.74, 6) is 0.0328. The number of nitrogens with two attached hydrogens (primary N) is 1. The Balaban J connectivity index is 1.92. The van der Waals surface area contributed by atoms with E-state index in [9.17, 15) is 4.79 Å². The van der Waals surface area contributed by atoms with E-state index in [2.05, 4.69) is 11.4 Å². The second-order valence-corrected chi connectivity index (χ2v) is 5.54. The molecule has 2 rings (SSSR count). The number of hydrogen-bond acceptors (Lipinski definition) is 4. The summed E-state index contributed by atoms with van der Waals surface area (Å²) in [5, 5.41) is 4.95. The molecule has 5 heteroatoms. The van der Waals surface area contributed by atoms with Gasteiger partial charge in [0.05, 0.1) is 4.88 Å². The Bertz CT molecular complexity index is 446. The summed E-state index contributed by atoms with van der Waals surface area (Å²) in [6.07, 6.45) is 1.90. The summed E-state index contributed by atoms with van der Waals surface area (Å²) in [4.78, 5) is 12.5. The number of unbranched alkanes of at least 4 members (excludes halogenated alkanes) is 1. The molecule has 2 aromatic rings. The maximum absolute atomic E-state index is 11.7. The Morgan fingerprint density at radius 2 is 2.25 bits per heavy atom. The molecule has 1 amide bonds. The second-order valence-electron chi connectivity index (χ2n) is 3.51. The molecule has 0 aliphatic carbocycles. The Morgan fingerprint density at radius 1 is 1.38 bits per heavy atom. The lowest BCUT2D eigenvalue weighted by Crippen LogP contribution is -2.23. The Hall–Kier alpha value is -0.910. The number of fused-ring (bicyclic) bond motifs is 1. The normalized spacial score (nSPS) is 10.8. The van der Waals surface area contributed by atoms with Gasteiger partial charge in [0.15, 0.2) is 0 Å². The number of carbonyl (C=O) groups is 1. The molecular formula is C11H14N2OS2. The zero-order chi connectivity index (χ0) is 11.4. The molecule has 0 spiro atoms. The lowest BCUT2D eigenvalue weighted by Gasteiger charge is -2.01. The molecule has 86 valence electrons. The van der Waals surface area contributed by atoms with Crippen LogP contribution >= 0.6 is 22.7 Å². The predicted molar refractivity (Wildman–Crippen MR) is 70.3 cm³/mol. The largest absolute Gasteiger partial charge is 0.351 e. The molecule has 0 atom stereocenters. The van der Waals surface area contributed by atoms with E-state index in [1.807, 2.05) is 11.4 Å². The van der Waals surface area contributed by atoms with Gasteiger partial charge in [-0.15, -0.1) is 22.7 Å². The van der Waals surface area contributed by atoms with E-state index in [-0.39, 0.29) is 5.91 Å². The molecule has 2 heterocycles. The maximum atomic E-state index is 11.7. The zero-order valence-electron chi connectivity index (χ0n) is 8.86. The average Bonchev–Trinajstić information content (AvgIpc) is 2.83. The highest BCUT2D eigenvalue weighted by molar-refractivity contribution is 7.27. The highest BCUT2D eigenvalue weighted by Crippen LogP contribution is 2.29. The Morgan fingerprint density at radius 3 is 3.00 bits per heavy atom. The van der Waals surface area contributed by atoms with Crippen molar-refractivity contribution in [1.82, 2.24) is 5.32 Å². The van der Waals surface area contributed by atoms with E-state index in [1.54, 1.807) is 22.7 Å². The molecule has 0 bridgehead atoms. The molecule has 16 heavy (non-hydrogen) atoms. The maximum Gasteiger partial charge on any atom is 0.261 e. The molecular weight excluding hydrogens is 240 g/mol. The molecule has 0 fully saturated rings. The number of hydrogen-bond donors (Lipinski definition) is 2. The minimum absolute atomic E-state index is 0.0328. The van der Waals surface area contributed by atoms with Gasteiger partial charge < -0.3 is 11.1 Å². The summed E-state index contributed by atoms with van der Waals surface area (Å²) >= 11 is 3.22. The topological polar surface area (TPSA) is 55.1 Å². The number of nitrogens with one attached hydrogen (secondary N) is 1. The Labute approximate surface area is 102 Å². The number of amides is 1. The van der Waals surface area contributed by atoms with Gasteiger partial charge in [0.1, 0.15) is 0 Å². The second kappa shape index (κ2) is 5.43. The van der Waals surface area contributed by atoms with Crippen LogP contribution in [0.2, 0.25) is 0 Å². The van der Waals surface area contributed by atoms with E-state index in [4.69, 9.17) is 5.73 Å². The predicted octanol–water partition coefficient (Wildman–Crippen LogP) is 2.43. The van der Waals surface area contributed by atoms with Gasteiger partial charge in [-0.05, 0) is 36.9 Å². The average molecular weight is 254 g/mol. The van der Waals surface area contributed by atoms with E-state index in [1.165, 1.54) is 9.40 Å². The fourth-order valence-electron chi connectivity index (χ4n) is 1.44. The minimum atomic E-state index is 0.0328. The van der Waals surface area contributed by atoms with Gasteiger partial charge in [-0.2, -0.15) is 0 Å². The third-order valence-corrected chi connectivity index (χ3v) is 4.37. The summed E-state index contributed by atoms with van der Waals surface area (Å²) in [6, 6.07) is 4.01. The third-order valence-electron chi connectivity index (χ3n) is 2.28. The smallest absolute Gasteiger partial charge is 0.261 e. The third kappa shape index (κ3) is 2.61. The van der Waals surface area contributed by atoms with Crippen LogP contribution in [0.25, 0.3) is 9.40 Å². The van der Waals surface area contributed by atoms with Crippen molar-refractivity contribution in [2.75, 3.05) is 13.1 Å². The summed E-state index contributed by atoms with van der Waals surface area (Å²) in [5.41, 5.74) is 5.38. The van der Waals surface area contributed by atoms with Crippen molar-refractivity contribution < 1.29 is 4.79 Å². The van der Waals surface area contributed by atoms with Crippen molar-refractivity contribution in [3.63, 3.8) is 0 Å². The van der Waals surface area contributed by atoms with Crippen molar-refractivity contribution in [3.05, 3.63) is 22.4 Å². The summed E-state index contributed by atoms with van der Waals surface area (Å²) < 4.78 is 2.38. The van der Waals surface area contributed by atoms with Crippen LogP contribution < -0.4 is 11.1 Å². The van der Waals surface area contributed by atoms with Crippen LogP contribution in [0.3, 0.4) is 0 Å². The van der Waals surface area contributed by atoms with Crippen molar-refractivity contribution >= 4 is 38.0 Å². The van der Waals surface area contributed by atoms with Gasteiger partial charge in [-0.3, -0.25) is 4.79 Å². The first-order valence-electron chi connectivity index (χ1n) is 5.26. The highest BCUT2D eigenvalue weighted by atomic mass is 32.1. The van der Waals surface area contributed by atoms with Crippen molar-refractivity contribution in [2.45, 2.75) is 12.8 Å². The number of rotatable bonds is 5. The first-order chi connectivity index (χ1) is 7.81. The van der Waals surface area contributed by atoms with Gasteiger partial charge in [0.2, 0.25) is 0 Å². The van der Waals surface area contributed by atoms with Crippen molar-refractivity contribution in [2.24, 2.45) is 5.73 Å². The van der Waals surface area contributed by atoms with E-state index < -0.39 is 0 Å². The molecule has 3 nitrogen and oxygen atoms in total. The standard InChI is InChI=1S/C11H14N2OS2/c12-4-1-2-5-13-11(14)10-7-9-8(16-10)3-6-15-9/h3,6-7H,1-2,4-5,12H2,(H,13,14). The molecule has 0 aromatic carbocycles. The molecule has 0 radical (unpaired) electrons. The monoisotopic (exact) mass is 254 g/mol. The Kier molecular flexibility index (Phi) is 3.93.